The molecule has 0 fully saturated rings. The fourth-order valence-corrected chi connectivity index (χ4v) is 2.15. The highest BCUT2D eigenvalue weighted by atomic mass is 16.5. The molecule has 0 unspecified atom stereocenters. The summed E-state index contributed by atoms with van der Waals surface area (Å²) in [7, 11) is 0. The van der Waals surface area contributed by atoms with Crippen LogP contribution in [0.2, 0.25) is 0 Å². The van der Waals surface area contributed by atoms with Gasteiger partial charge in [0.2, 0.25) is 0 Å². The van der Waals surface area contributed by atoms with Crippen LogP contribution in [0, 0.1) is 20.8 Å². The Hall–Kier alpha value is -1.02. The van der Waals surface area contributed by atoms with Crippen molar-refractivity contribution in [3.63, 3.8) is 0 Å². The molecule has 0 saturated carbocycles. The average molecular weight is 249 g/mol. The molecule has 1 aromatic carbocycles. The van der Waals surface area contributed by atoms with E-state index in [4.69, 9.17) is 4.74 Å². The number of aryl methyl sites for hydroxylation is 2. The Morgan fingerprint density at radius 3 is 2.39 bits per heavy atom. The van der Waals surface area contributed by atoms with Crippen molar-refractivity contribution in [3.8, 4) is 5.75 Å². The summed E-state index contributed by atoms with van der Waals surface area (Å²) in [5.41, 5.74) is 3.82. The molecule has 0 bridgehead atoms. The lowest BCUT2D eigenvalue weighted by Gasteiger charge is -2.16. The summed E-state index contributed by atoms with van der Waals surface area (Å²) in [4.78, 5) is 0. The minimum Gasteiger partial charge on any atom is -0.492 e. The van der Waals surface area contributed by atoms with Gasteiger partial charge in [-0.3, -0.25) is 0 Å². The molecule has 0 saturated heterocycles. The summed E-state index contributed by atoms with van der Waals surface area (Å²) in [6, 6.07) is 4.94. The lowest BCUT2D eigenvalue weighted by Crippen LogP contribution is -2.31. The molecular formula is C16H27NO. The first-order valence-electron chi connectivity index (χ1n) is 7.02. The van der Waals surface area contributed by atoms with E-state index in [9.17, 15) is 0 Å². The summed E-state index contributed by atoms with van der Waals surface area (Å²) in [6.07, 6.45) is 2.36. The van der Waals surface area contributed by atoms with Gasteiger partial charge >= 0.3 is 0 Å². The molecular weight excluding hydrogens is 222 g/mol. The standard InChI is InChI=1S/C16H27NO/c1-6-15(7-2)17-8-9-18-16-11-12(3)10-13(4)14(16)5/h10-11,15,17H,6-9H2,1-5H3. The monoisotopic (exact) mass is 249 g/mol. The van der Waals surface area contributed by atoms with Gasteiger partial charge in [-0.25, -0.2) is 0 Å². The molecule has 0 aliphatic heterocycles. The van der Waals surface area contributed by atoms with Gasteiger partial charge in [0.15, 0.2) is 0 Å². The number of ether oxygens (including phenoxy) is 1. The van der Waals surface area contributed by atoms with Gasteiger partial charge in [-0.1, -0.05) is 19.9 Å². The van der Waals surface area contributed by atoms with E-state index in [1.165, 1.54) is 29.5 Å². The quantitative estimate of drug-likeness (QED) is 0.743. The second kappa shape index (κ2) is 7.42. The fourth-order valence-electron chi connectivity index (χ4n) is 2.15. The first kappa shape index (κ1) is 15.0. The lowest BCUT2D eigenvalue weighted by molar-refractivity contribution is 0.300. The van der Waals surface area contributed by atoms with E-state index in [-0.39, 0.29) is 0 Å². The Labute approximate surface area is 112 Å². The molecule has 0 aliphatic rings. The summed E-state index contributed by atoms with van der Waals surface area (Å²) in [5, 5.41) is 3.51. The van der Waals surface area contributed by atoms with Gasteiger partial charge in [0.05, 0.1) is 0 Å². The minimum atomic E-state index is 0.619. The van der Waals surface area contributed by atoms with E-state index in [2.05, 4.69) is 52.1 Å². The van der Waals surface area contributed by atoms with E-state index in [0.29, 0.717) is 6.04 Å². The molecule has 2 nitrogen and oxygen atoms in total. The summed E-state index contributed by atoms with van der Waals surface area (Å²) in [5.74, 6) is 1.03. The van der Waals surface area contributed by atoms with Crippen LogP contribution in [-0.2, 0) is 0 Å². The first-order chi connectivity index (χ1) is 8.58. The van der Waals surface area contributed by atoms with Crippen molar-refractivity contribution < 1.29 is 4.74 Å². The Morgan fingerprint density at radius 1 is 1.11 bits per heavy atom. The van der Waals surface area contributed by atoms with Crippen LogP contribution in [-0.4, -0.2) is 19.2 Å². The van der Waals surface area contributed by atoms with Gasteiger partial charge in [0.25, 0.3) is 0 Å². The highest BCUT2D eigenvalue weighted by Crippen LogP contribution is 2.22. The van der Waals surface area contributed by atoms with Gasteiger partial charge in [0.1, 0.15) is 12.4 Å². The van der Waals surface area contributed by atoms with Crippen LogP contribution in [0.4, 0.5) is 0 Å². The first-order valence-corrected chi connectivity index (χ1v) is 7.02. The molecule has 0 spiro atoms. The minimum absolute atomic E-state index is 0.619. The lowest BCUT2D eigenvalue weighted by atomic mass is 10.1. The highest BCUT2D eigenvalue weighted by Gasteiger charge is 2.05. The molecule has 18 heavy (non-hydrogen) atoms. The zero-order valence-corrected chi connectivity index (χ0v) is 12.5. The zero-order valence-electron chi connectivity index (χ0n) is 12.5. The molecule has 1 N–H and O–H groups in total. The molecule has 0 aliphatic carbocycles. The zero-order chi connectivity index (χ0) is 13.5. The molecule has 1 aromatic rings. The highest BCUT2D eigenvalue weighted by molar-refractivity contribution is 5.41. The molecule has 0 radical (unpaired) electrons. The second-order valence-electron chi connectivity index (χ2n) is 5.02. The normalized spacial score (nSPS) is 11.0. The van der Waals surface area contributed by atoms with Gasteiger partial charge in [-0.2, -0.15) is 0 Å². The van der Waals surface area contributed by atoms with Crippen LogP contribution in [0.1, 0.15) is 43.4 Å². The topological polar surface area (TPSA) is 21.3 Å². The second-order valence-corrected chi connectivity index (χ2v) is 5.02. The van der Waals surface area contributed by atoms with Crippen LogP contribution in [0.25, 0.3) is 0 Å². The molecule has 0 atom stereocenters. The van der Waals surface area contributed by atoms with Crippen molar-refractivity contribution in [2.24, 2.45) is 0 Å². The Morgan fingerprint density at radius 2 is 1.78 bits per heavy atom. The third-order valence-corrected chi connectivity index (χ3v) is 3.54. The van der Waals surface area contributed by atoms with Crippen molar-refractivity contribution >= 4 is 0 Å². The number of rotatable bonds is 7. The average Bonchev–Trinajstić information content (AvgIpc) is 2.35. The number of nitrogens with one attached hydrogen (secondary N) is 1. The predicted octanol–water partition coefficient (Wildman–Crippen LogP) is 3.77. The molecule has 0 aromatic heterocycles. The summed E-state index contributed by atoms with van der Waals surface area (Å²) < 4.78 is 5.88. The van der Waals surface area contributed by atoms with Crippen LogP contribution >= 0.6 is 0 Å². The summed E-state index contributed by atoms with van der Waals surface area (Å²) in [6.45, 7) is 12.5. The third-order valence-electron chi connectivity index (χ3n) is 3.54. The maximum atomic E-state index is 5.88. The van der Waals surface area contributed by atoms with Crippen LogP contribution in [0.5, 0.6) is 5.75 Å². The van der Waals surface area contributed by atoms with Gasteiger partial charge in [-0.15, -0.1) is 0 Å². The van der Waals surface area contributed by atoms with E-state index < -0.39 is 0 Å². The number of hydrogen-bond acceptors (Lipinski definition) is 2. The van der Waals surface area contributed by atoms with Crippen molar-refractivity contribution in [1.82, 2.24) is 5.32 Å². The van der Waals surface area contributed by atoms with Gasteiger partial charge < -0.3 is 10.1 Å². The predicted molar refractivity (Wildman–Crippen MR) is 78.5 cm³/mol. The van der Waals surface area contributed by atoms with E-state index in [1.54, 1.807) is 0 Å². The number of benzene rings is 1. The van der Waals surface area contributed by atoms with Crippen molar-refractivity contribution in [3.05, 3.63) is 28.8 Å². The van der Waals surface area contributed by atoms with E-state index >= 15 is 0 Å². The molecule has 102 valence electrons. The van der Waals surface area contributed by atoms with Gasteiger partial charge in [0, 0.05) is 12.6 Å². The fraction of sp³-hybridized carbons (Fsp3) is 0.625. The smallest absolute Gasteiger partial charge is 0.122 e. The maximum absolute atomic E-state index is 5.88. The Kier molecular flexibility index (Phi) is 6.20. The Balaban J connectivity index is 2.44. The van der Waals surface area contributed by atoms with Crippen LogP contribution < -0.4 is 10.1 Å². The van der Waals surface area contributed by atoms with Crippen LogP contribution in [0.3, 0.4) is 0 Å². The number of hydrogen-bond donors (Lipinski definition) is 1. The van der Waals surface area contributed by atoms with Crippen molar-refractivity contribution in [2.75, 3.05) is 13.2 Å². The molecule has 1 rings (SSSR count). The summed E-state index contributed by atoms with van der Waals surface area (Å²) >= 11 is 0. The third kappa shape index (κ3) is 4.34. The van der Waals surface area contributed by atoms with Gasteiger partial charge in [-0.05, 0) is 56.4 Å². The van der Waals surface area contributed by atoms with Crippen molar-refractivity contribution in [1.29, 1.82) is 0 Å². The maximum Gasteiger partial charge on any atom is 0.122 e. The largest absolute Gasteiger partial charge is 0.492 e. The Bertz CT molecular complexity index is 370. The van der Waals surface area contributed by atoms with Crippen LogP contribution in [0.15, 0.2) is 12.1 Å². The molecule has 2 heteroatoms. The SMILES string of the molecule is CCC(CC)NCCOc1cc(C)cc(C)c1C. The van der Waals surface area contributed by atoms with E-state index in [1.807, 2.05) is 0 Å². The molecule has 0 amide bonds. The molecule has 0 heterocycles. The van der Waals surface area contributed by atoms with E-state index in [0.717, 1.165) is 18.9 Å². The van der Waals surface area contributed by atoms with Crippen molar-refractivity contribution in [2.45, 2.75) is 53.5 Å².